The second-order valence-corrected chi connectivity index (χ2v) is 3.97. The lowest BCUT2D eigenvalue weighted by Crippen LogP contribution is -2.01. The molecule has 15 heavy (non-hydrogen) atoms. The third kappa shape index (κ3) is 2.10. The molecular formula is C11H10O3S. The maximum absolute atomic E-state index is 11.8. The van der Waals surface area contributed by atoms with Gasteiger partial charge in [-0.05, 0) is 23.1 Å². The Bertz CT molecular complexity index is 442. The maximum Gasteiger partial charge on any atom is 0.181 e. The van der Waals surface area contributed by atoms with Gasteiger partial charge in [0.25, 0.3) is 0 Å². The normalized spacial score (nSPS) is 10.2. The number of furan rings is 1. The van der Waals surface area contributed by atoms with Crippen molar-refractivity contribution in [2.45, 2.75) is 6.42 Å². The van der Waals surface area contributed by atoms with Gasteiger partial charge in [0.1, 0.15) is 10.6 Å². The van der Waals surface area contributed by atoms with Crippen molar-refractivity contribution in [3.63, 3.8) is 0 Å². The highest BCUT2D eigenvalue weighted by molar-refractivity contribution is 7.12. The SMILES string of the molecule is COc1ccsc1C(=O)Cc1ccoc1. The minimum absolute atomic E-state index is 0.0586. The van der Waals surface area contributed by atoms with E-state index < -0.39 is 0 Å². The van der Waals surface area contributed by atoms with Crippen LogP contribution < -0.4 is 4.74 Å². The van der Waals surface area contributed by atoms with E-state index in [0.717, 1.165) is 5.56 Å². The second-order valence-electron chi connectivity index (χ2n) is 3.05. The molecule has 0 atom stereocenters. The van der Waals surface area contributed by atoms with Gasteiger partial charge in [0.2, 0.25) is 0 Å². The molecule has 0 radical (unpaired) electrons. The topological polar surface area (TPSA) is 39.4 Å². The van der Waals surface area contributed by atoms with Crippen LogP contribution in [0, 0.1) is 0 Å². The zero-order chi connectivity index (χ0) is 10.7. The molecule has 2 rings (SSSR count). The molecule has 0 aromatic carbocycles. The quantitative estimate of drug-likeness (QED) is 0.747. The van der Waals surface area contributed by atoms with E-state index in [9.17, 15) is 4.79 Å². The Kier molecular flexibility index (Phi) is 2.87. The Morgan fingerprint density at radius 1 is 1.53 bits per heavy atom. The fourth-order valence-electron chi connectivity index (χ4n) is 1.32. The van der Waals surface area contributed by atoms with Gasteiger partial charge in [-0.3, -0.25) is 4.79 Å². The average Bonchev–Trinajstić information content (AvgIpc) is 2.86. The van der Waals surface area contributed by atoms with E-state index in [1.807, 2.05) is 5.38 Å². The van der Waals surface area contributed by atoms with Crippen molar-refractivity contribution in [3.8, 4) is 5.75 Å². The zero-order valence-electron chi connectivity index (χ0n) is 8.23. The zero-order valence-corrected chi connectivity index (χ0v) is 9.04. The van der Waals surface area contributed by atoms with Gasteiger partial charge in [-0.15, -0.1) is 11.3 Å². The van der Waals surface area contributed by atoms with E-state index >= 15 is 0 Å². The van der Waals surface area contributed by atoms with Crippen LogP contribution in [-0.4, -0.2) is 12.9 Å². The Hall–Kier alpha value is -1.55. The molecule has 0 aliphatic heterocycles. The lowest BCUT2D eigenvalue weighted by atomic mass is 10.1. The molecule has 0 aliphatic rings. The third-order valence-electron chi connectivity index (χ3n) is 2.05. The first-order valence-corrected chi connectivity index (χ1v) is 5.35. The molecule has 78 valence electrons. The van der Waals surface area contributed by atoms with Gasteiger partial charge in [-0.2, -0.15) is 0 Å². The first kappa shape index (κ1) is 9.98. The summed E-state index contributed by atoms with van der Waals surface area (Å²) in [6, 6.07) is 3.59. The van der Waals surface area contributed by atoms with Crippen LogP contribution in [0.1, 0.15) is 15.2 Å². The van der Waals surface area contributed by atoms with E-state index in [1.165, 1.54) is 11.3 Å². The molecule has 0 bridgehead atoms. The molecule has 0 saturated heterocycles. The minimum Gasteiger partial charge on any atom is -0.495 e. The van der Waals surface area contributed by atoms with Crippen molar-refractivity contribution in [3.05, 3.63) is 40.5 Å². The summed E-state index contributed by atoms with van der Waals surface area (Å²) in [6.07, 6.45) is 3.50. The Morgan fingerprint density at radius 2 is 2.40 bits per heavy atom. The fourth-order valence-corrected chi connectivity index (χ4v) is 2.12. The van der Waals surface area contributed by atoms with Crippen LogP contribution in [0.2, 0.25) is 0 Å². The smallest absolute Gasteiger partial charge is 0.181 e. The summed E-state index contributed by atoms with van der Waals surface area (Å²) in [6.45, 7) is 0. The van der Waals surface area contributed by atoms with E-state index in [0.29, 0.717) is 17.0 Å². The molecule has 3 nitrogen and oxygen atoms in total. The van der Waals surface area contributed by atoms with Crippen LogP contribution in [0.5, 0.6) is 5.75 Å². The number of carbonyl (C=O) groups is 1. The molecule has 0 fully saturated rings. The summed E-state index contributed by atoms with van der Waals surface area (Å²) in [7, 11) is 1.57. The van der Waals surface area contributed by atoms with Gasteiger partial charge in [0, 0.05) is 6.42 Å². The first-order chi connectivity index (χ1) is 7.31. The number of ketones is 1. The lowest BCUT2D eigenvalue weighted by Gasteiger charge is -1.99. The van der Waals surface area contributed by atoms with Crippen LogP contribution in [-0.2, 0) is 6.42 Å². The second kappa shape index (κ2) is 4.31. The van der Waals surface area contributed by atoms with Crippen molar-refractivity contribution in [1.82, 2.24) is 0 Å². The summed E-state index contributed by atoms with van der Waals surface area (Å²) in [5.41, 5.74) is 0.885. The van der Waals surface area contributed by atoms with Crippen molar-refractivity contribution in [2.75, 3.05) is 7.11 Å². The van der Waals surface area contributed by atoms with Crippen LogP contribution in [0.15, 0.2) is 34.5 Å². The molecular weight excluding hydrogens is 212 g/mol. The number of rotatable bonds is 4. The molecule has 0 amide bonds. The summed E-state index contributed by atoms with van der Waals surface area (Å²) in [4.78, 5) is 12.5. The molecule has 4 heteroatoms. The van der Waals surface area contributed by atoms with Crippen molar-refractivity contribution in [2.24, 2.45) is 0 Å². The van der Waals surface area contributed by atoms with Crippen molar-refractivity contribution in [1.29, 1.82) is 0 Å². The number of thiophene rings is 1. The van der Waals surface area contributed by atoms with Gasteiger partial charge in [-0.1, -0.05) is 0 Å². The number of carbonyl (C=O) groups excluding carboxylic acids is 1. The lowest BCUT2D eigenvalue weighted by molar-refractivity contribution is 0.0994. The largest absolute Gasteiger partial charge is 0.495 e. The molecule has 2 heterocycles. The highest BCUT2D eigenvalue weighted by Crippen LogP contribution is 2.25. The van der Waals surface area contributed by atoms with Gasteiger partial charge < -0.3 is 9.15 Å². The molecule has 0 N–H and O–H groups in total. The van der Waals surface area contributed by atoms with Crippen LogP contribution in [0.25, 0.3) is 0 Å². The average molecular weight is 222 g/mol. The molecule has 0 spiro atoms. The van der Waals surface area contributed by atoms with Crippen LogP contribution in [0.3, 0.4) is 0 Å². The standard InChI is InChI=1S/C11H10O3S/c1-13-10-3-5-15-11(10)9(12)6-8-2-4-14-7-8/h2-5,7H,6H2,1H3. The fraction of sp³-hybridized carbons (Fsp3) is 0.182. The Morgan fingerprint density at radius 3 is 3.07 bits per heavy atom. The van der Waals surface area contributed by atoms with E-state index in [1.54, 1.807) is 31.8 Å². The molecule has 2 aromatic rings. The van der Waals surface area contributed by atoms with Gasteiger partial charge in [0.15, 0.2) is 5.78 Å². The van der Waals surface area contributed by atoms with Gasteiger partial charge >= 0.3 is 0 Å². The highest BCUT2D eigenvalue weighted by atomic mass is 32.1. The highest BCUT2D eigenvalue weighted by Gasteiger charge is 2.14. The summed E-state index contributed by atoms with van der Waals surface area (Å²) >= 11 is 1.40. The molecule has 0 aliphatic carbocycles. The van der Waals surface area contributed by atoms with Crippen LogP contribution >= 0.6 is 11.3 Å². The molecule has 0 saturated carbocycles. The van der Waals surface area contributed by atoms with Gasteiger partial charge in [-0.25, -0.2) is 0 Å². The number of Topliss-reactive ketones (excluding diaryl/α,β-unsaturated/α-hetero) is 1. The molecule has 2 aromatic heterocycles. The summed E-state index contributed by atoms with van der Waals surface area (Å²) < 4.78 is 10.0. The van der Waals surface area contributed by atoms with E-state index in [2.05, 4.69) is 0 Å². The molecule has 0 unspecified atom stereocenters. The number of methoxy groups -OCH3 is 1. The predicted octanol–water partition coefficient (Wildman–Crippen LogP) is 2.78. The number of ether oxygens (including phenoxy) is 1. The number of hydrogen-bond donors (Lipinski definition) is 0. The maximum atomic E-state index is 11.8. The van der Waals surface area contributed by atoms with Gasteiger partial charge in [0.05, 0.1) is 19.6 Å². The summed E-state index contributed by atoms with van der Waals surface area (Å²) in [5.74, 6) is 0.705. The minimum atomic E-state index is 0.0586. The number of hydrogen-bond acceptors (Lipinski definition) is 4. The van der Waals surface area contributed by atoms with Crippen molar-refractivity contribution < 1.29 is 13.9 Å². The predicted molar refractivity (Wildman–Crippen MR) is 57.6 cm³/mol. The monoisotopic (exact) mass is 222 g/mol. The van der Waals surface area contributed by atoms with E-state index in [4.69, 9.17) is 9.15 Å². The summed E-state index contributed by atoms with van der Waals surface area (Å²) in [5, 5.41) is 1.85. The Balaban J connectivity index is 2.15. The first-order valence-electron chi connectivity index (χ1n) is 4.47. The van der Waals surface area contributed by atoms with Crippen molar-refractivity contribution >= 4 is 17.1 Å². The van der Waals surface area contributed by atoms with E-state index in [-0.39, 0.29) is 5.78 Å². The van der Waals surface area contributed by atoms with Crippen LogP contribution in [0.4, 0.5) is 0 Å². The third-order valence-corrected chi connectivity index (χ3v) is 2.98. The Labute approximate surface area is 91.3 Å².